The molecule has 1 rings (SSSR count). The van der Waals surface area contributed by atoms with Crippen LogP contribution >= 0.6 is 0 Å². The molecule has 0 aromatic heterocycles. The Morgan fingerprint density at radius 1 is 1.44 bits per heavy atom. The van der Waals surface area contributed by atoms with Gasteiger partial charge < -0.3 is 10.4 Å². The molecule has 2 atom stereocenters. The topological polar surface area (TPSA) is 73.1 Å². The molecule has 2 unspecified atom stereocenters. The molecule has 4 nitrogen and oxygen atoms in total. The monoisotopic (exact) mass is 246 g/mol. The lowest BCUT2D eigenvalue weighted by atomic mass is 10.0. The van der Waals surface area contributed by atoms with Crippen molar-refractivity contribution >= 4 is 5.91 Å². The Labute approximate surface area is 107 Å². The quantitative estimate of drug-likeness (QED) is 0.830. The number of carbonyl (C=O) groups excluding carboxylic acids is 1. The van der Waals surface area contributed by atoms with Crippen LogP contribution in [0.3, 0.4) is 0 Å². The molecule has 96 valence electrons. The summed E-state index contributed by atoms with van der Waals surface area (Å²) in [6.45, 7) is 4.18. The van der Waals surface area contributed by atoms with Crippen molar-refractivity contribution in [3.05, 3.63) is 35.4 Å². The SMILES string of the molecule is CCC(C)C(O)CNC(=O)c1ccc(C#N)cc1. The minimum absolute atomic E-state index is 0.159. The van der Waals surface area contributed by atoms with Crippen LogP contribution in [0.5, 0.6) is 0 Å². The number of benzene rings is 1. The molecule has 2 N–H and O–H groups in total. The maximum Gasteiger partial charge on any atom is 0.251 e. The lowest BCUT2D eigenvalue weighted by Gasteiger charge is -2.17. The van der Waals surface area contributed by atoms with Crippen molar-refractivity contribution in [1.82, 2.24) is 5.32 Å². The molecule has 0 fully saturated rings. The maximum atomic E-state index is 11.8. The number of hydrogen-bond acceptors (Lipinski definition) is 3. The third-order valence-corrected chi connectivity index (χ3v) is 3.05. The number of nitrogens with zero attached hydrogens (tertiary/aromatic N) is 1. The van der Waals surface area contributed by atoms with Gasteiger partial charge in [0.2, 0.25) is 0 Å². The van der Waals surface area contributed by atoms with Gasteiger partial charge in [-0.05, 0) is 30.2 Å². The molecule has 0 bridgehead atoms. The second-order valence-electron chi connectivity index (χ2n) is 4.35. The van der Waals surface area contributed by atoms with Gasteiger partial charge in [-0.2, -0.15) is 5.26 Å². The Balaban J connectivity index is 2.53. The normalized spacial score (nSPS) is 13.4. The lowest BCUT2D eigenvalue weighted by Crippen LogP contribution is -2.35. The minimum Gasteiger partial charge on any atom is -0.391 e. The number of nitrogens with one attached hydrogen (secondary N) is 1. The van der Waals surface area contributed by atoms with Gasteiger partial charge in [-0.15, -0.1) is 0 Å². The zero-order valence-electron chi connectivity index (χ0n) is 10.7. The fourth-order valence-electron chi connectivity index (χ4n) is 1.47. The highest BCUT2D eigenvalue weighted by molar-refractivity contribution is 5.94. The predicted octanol–water partition coefficient (Wildman–Crippen LogP) is 1.70. The highest BCUT2D eigenvalue weighted by Crippen LogP contribution is 2.07. The molecule has 18 heavy (non-hydrogen) atoms. The van der Waals surface area contributed by atoms with E-state index in [0.717, 1.165) is 6.42 Å². The summed E-state index contributed by atoms with van der Waals surface area (Å²) in [6, 6.07) is 8.39. The zero-order valence-corrected chi connectivity index (χ0v) is 10.7. The van der Waals surface area contributed by atoms with Crippen LogP contribution in [0.25, 0.3) is 0 Å². The van der Waals surface area contributed by atoms with E-state index in [-0.39, 0.29) is 18.4 Å². The summed E-state index contributed by atoms with van der Waals surface area (Å²) in [6.07, 6.45) is 0.339. The van der Waals surface area contributed by atoms with Gasteiger partial charge in [0.25, 0.3) is 5.91 Å². The van der Waals surface area contributed by atoms with Crippen molar-refractivity contribution in [3.8, 4) is 6.07 Å². The molecule has 0 aliphatic carbocycles. The molecule has 4 heteroatoms. The Hall–Kier alpha value is -1.86. The standard InChI is InChI=1S/C14H18N2O2/c1-3-10(2)13(17)9-16-14(18)12-6-4-11(8-15)5-7-12/h4-7,10,13,17H,3,9H2,1-2H3,(H,16,18). The summed E-state index contributed by atoms with van der Waals surface area (Å²) >= 11 is 0. The summed E-state index contributed by atoms with van der Waals surface area (Å²) in [5.74, 6) is -0.0758. The molecule has 1 aromatic rings. The molecule has 0 heterocycles. The molecule has 0 radical (unpaired) electrons. The van der Waals surface area contributed by atoms with Crippen LogP contribution in [0, 0.1) is 17.2 Å². The number of rotatable bonds is 5. The molecule has 0 saturated carbocycles. The molecular weight excluding hydrogens is 228 g/mol. The molecule has 0 aliphatic heterocycles. The highest BCUT2D eigenvalue weighted by Gasteiger charge is 2.13. The summed E-state index contributed by atoms with van der Waals surface area (Å²) in [5, 5.41) is 21.1. The Bertz CT molecular complexity index is 434. The van der Waals surface area contributed by atoms with Crippen LogP contribution < -0.4 is 5.32 Å². The van der Waals surface area contributed by atoms with E-state index in [1.54, 1.807) is 24.3 Å². The summed E-state index contributed by atoms with van der Waals surface area (Å²) in [4.78, 5) is 11.8. The van der Waals surface area contributed by atoms with Crippen molar-refractivity contribution < 1.29 is 9.90 Å². The van der Waals surface area contributed by atoms with E-state index in [0.29, 0.717) is 11.1 Å². The Morgan fingerprint density at radius 2 is 2.06 bits per heavy atom. The van der Waals surface area contributed by atoms with Crippen molar-refractivity contribution in [2.75, 3.05) is 6.54 Å². The first-order valence-corrected chi connectivity index (χ1v) is 6.05. The number of hydrogen-bond donors (Lipinski definition) is 2. The van der Waals surface area contributed by atoms with Crippen LogP contribution in [-0.2, 0) is 0 Å². The molecule has 0 aliphatic rings. The van der Waals surface area contributed by atoms with Crippen LogP contribution in [0.4, 0.5) is 0 Å². The minimum atomic E-state index is -0.530. The van der Waals surface area contributed by atoms with Crippen molar-refractivity contribution in [2.24, 2.45) is 5.92 Å². The van der Waals surface area contributed by atoms with Gasteiger partial charge in [-0.3, -0.25) is 4.79 Å². The number of aliphatic hydroxyl groups excluding tert-OH is 1. The maximum absolute atomic E-state index is 11.8. The highest BCUT2D eigenvalue weighted by atomic mass is 16.3. The molecule has 1 aromatic carbocycles. The van der Waals surface area contributed by atoms with E-state index >= 15 is 0 Å². The second-order valence-corrected chi connectivity index (χ2v) is 4.35. The van der Waals surface area contributed by atoms with Crippen LogP contribution in [-0.4, -0.2) is 23.7 Å². The second kappa shape index (κ2) is 6.77. The van der Waals surface area contributed by atoms with Gasteiger partial charge >= 0.3 is 0 Å². The molecule has 1 amide bonds. The lowest BCUT2D eigenvalue weighted by molar-refractivity contribution is 0.0850. The van der Waals surface area contributed by atoms with Crippen molar-refractivity contribution in [2.45, 2.75) is 26.4 Å². The van der Waals surface area contributed by atoms with Crippen molar-refractivity contribution in [3.63, 3.8) is 0 Å². The molecule has 0 spiro atoms. The average molecular weight is 246 g/mol. The first-order chi connectivity index (χ1) is 8.58. The van der Waals surface area contributed by atoms with Crippen LogP contribution in [0.1, 0.15) is 36.2 Å². The Kier molecular flexibility index (Phi) is 5.34. The van der Waals surface area contributed by atoms with E-state index in [4.69, 9.17) is 5.26 Å². The van der Waals surface area contributed by atoms with E-state index in [9.17, 15) is 9.90 Å². The number of aliphatic hydroxyl groups is 1. The van der Waals surface area contributed by atoms with Gasteiger partial charge in [0.05, 0.1) is 17.7 Å². The predicted molar refractivity (Wildman–Crippen MR) is 69.0 cm³/mol. The third kappa shape index (κ3) is 3.86. The molecular formula is C14H18N2O2. The molecule has 0 saturated heterocycles. The van der Waals surface area contributed by atoms with Crippen LogP contribution in [0.2, 0.25) is 0 Å². The number of nitriles is 1. The Morgan fingerprint density at radius 3 is 2.56 bits per heavy atom. The zero-order chi connectivity index (χ0) is 13.5. The van der Waals surface area contributed by atoms with E-state index in [2.05, 4.69) is 5.32 Å². The largest absolute Gasteiger partial charge is 0.391 e. The van der Waals surface area contributed by atoms with Gasteiger partial charge in [0, 0.05) is 12.1 Å². The third-order valence-electron chi connectivity index (χ3n) is 3.05. The number of amides is 1. The first kappa shape index (κ1) is 14.2. The first-order valence-electron chi connectivity index (χ1n) is 6.05. The summed E-state index contributed by atoms with van der Waals surface area (Å²) in [5.41, 5.74) is 1.01. The summed E-state index contributed by atoms with van der Waals surface area (Å²) in [7, 11) is 0. The van der Waals surface area contributed by atoms with Crippen LogP contribution in [0.15, 0.2) is 24.3 Å². The summed E-state index contributed by atoms with van der Waals surface area (Å²) < 4.78 is 0. The van der Waals surface area contributed by atoms with E-state index in [1.165, 1.54) is 0 Å². The fourth-order valence-corrected chi connectivity index (χ4v) is 1.47. The average Bonchev–Trinajstić information content (AvgIpc) is 2.43. The van der Waals surface area contributed by atoms with E-state index in [1.807, 2.05) is 19.9 Å². The smallest absolute Gasteiger partial charge is 0.251 e. The van der Waals surface area contributed by atoms with Gasteiger partial charge in [0.1, 0.15) is 0 Å². The van der Waals surface area contributed by atoms with Crippen molar-refractivity contribution in [1.29, 1.82) is 5.26 Å². The van der Waals surface area contributed by atoms with Gasteiger partial charge in [-0.25, -0.2) is 0 Å². The van der Waals surface area contributed by atoms with Gasteiger partial charge in [0.15, 0.2) is 0 Å². The fraction of sp³-hybridized carbons (Fsp3) is 0.429. The van der Waals surface area contributed by atoms with Gasteiger partial charge in [-0.1, -0.05) is 20.3 Å². The van der Waals surface area contributed by atoms with E-state index < -0.39 is 6.10 Å². The number of carbonyl (C=O) groups is 1.